The van der Waals surface area contributed by atoms with Crippen LogP contribution < -0.4 is 9.64 Å². The Morgan fingerprint density at radius 2 is 1.75 bits per heavy atom. The fraction of sp³-hybridized carbons (Fsp3) is 0.158. The second-order valence-electron chi connectivity index (χ2n) is 5.38. The van der Waals surface area contributed by atoms with Gasteiger partial charge in [0.2, 0.25) is 0 Å². The van der Waals surface area contributed by atoms with Crippen molar-refractivity contribution in [3.05, 3.63) is 65.4 Å². The van der Waals surface area contributed by atoms with Gasteiger partial charge < -0.3 is 4.74 Å². The minimum absolute atomic E-state index is 0.112. The molecule has 2 aromatic carbocycles. The molecule has 0 saturated heterocycles. The zero-order valence-electron chi connectivity index (χ0n) is 13.8. The third kappa shape index (κ3) is 3.21. The van der Waals surface area contributed by atoms with Gasteiger partial charge in [0.15, 0.2) is 5.17 Å². The summed E-state index contributed by atoms with van der Waals surface area (Å²) in [5, 5.41) is 0.684. The Bertz CT molecular complexity index is 808. The number of benzene rings is 2. The van der Waals surface area contributed by atoms with Crippen molar-refractivity contribution in [2.45, 2.75) is 6.92 Å². The number of rotatable bonds is 3. The van der Waals surface area contributed by atoms with Gasteiger partial charge in [0, 0.05) is 0 Å². The van der Waals surface area contributed by atoms with E-state index in [0.29, 0.717) is 10.9 Å². The number of aryl methyl sites for hydroxylation is 1. The average molecular weight is 338 g/mol. The quantitative estimate of drug-likeness (QED) is 0.791. The van der Waals surface area contributed by atoms with Crippen molar-refractivity contribution in [2.75, 3.05) is 18.3 Å². The van der Waals surface area contributed by atoms with Crippen LogP contribution in [0.4, 0.5) is 5.69 Å². The maximum atomic E-state index is 12.8. The molecule has 1 aliphatic rings. The lowest BCUT2D eigenvalue weighted by atomic mass is 10.1. The summed E-state index contributed by atoms with van der Waals surface area (Å²) in [4.78, 5) is 18.9. The van der Waals surface area contributed by atoms with Gasteiger partial charge in [-0.1, -0.05) is 41.6 Å². The van der Waals surface area contributed by atoms with E-state index in [1.807, 2.05) is 61.7 Å². The Morgan fingerprint density at radius 1 is 1.08 bits per heavy atom. The summed E-state index contributed by atoms with van der Waals surface area (Å²) in [6.07, 6.45) is 3.72. The van der Waals surface area contributed by atoms with E-state index < -0.39 is 0 Å². The number of carbonyl (C=O) groups excluding carboxylic acids is 1. The highest BCUT2D eigenvalue weighted by molar-refractivity contribution is 8.13. The highest BCUT2D eigenvalue weighted by Gasteiger charge is 2.31. The molecule has 0 radical (unpaired) electrons. The number of nitrogens with zero attached hydrogens (tertiary/aromatic N) is 2. The van der Waals surface area contributed by atoms with Crippen LogP contribution in [0.5, 0.6) is 5.75 Å². The van der Waals surface area contributed by atoms with Crippen molar-refractivity contribution in [3.63, 3.8) is 0 Å². The molecule has 0 saturated carbocycles. The molecule has 5 heteroatoms. The van der Waals surface area contributed by atoms with E-state index in [4.69, 9.17) is 4.74 Å². The standard InChI is InChI=1S/C19H18N2O2S/c1-13-4-8-15(9-5-13)21-18(22)17(20-19(21)24-3)12-14-6-10-16(23-2)11-7-14/h4-12H,1-3H3/b17-12+. The van der Waals surface area contributed by atoms with E-state index >= 15 is 0 Å². The lowest BCUT2D eigenvalue weighted by molar-refractivity contribution is -0.113. The van der Waals surface area contributed by atoms with Gasteiger partial charge in [0.25, 0.3) is 5.91 Å². The Hall–Kier alpha value is -2.53. The van der Waals surface area contributed by atoms with Gasteiger partial charge in [-0.3, -0.25) is 9.69 Å². The summed E-state index contributed by atoms with van der Waals surface area (Å²) in [5.41, 5.74) is 3.33. The molecule has 0 aromatic heterocycles. The zero-order valence-corrected chi connectivity index (χ0v) is 14.6. The molecule has 122 valence electrons. The molecule has 3 rings (SSSR count). The number of anilines is 1. The summed E-state index contributed by atoms with van der Waals surface area (Å²) >= 11 is 1.46. The molecule has 24 heavy (non-hydrogen) atoms. The van der Waals surface area contributed by atoms with Crippen LogP contribution in [0.2, 0.25) is 0 Å². The molecule has 4 nitrogen and oxygen atoms in total. The van der Waals surface area contributed by atoms with Crippen LogP contribution in [-0.2, 0) is 4.79 Å². The van der Waals surface area contributed by atoms with E-state index in [2.05, 4.69) is 4.99 Å². The van der Waals surface area contributed by atoms with Crippen LogP contribution in [0.1, 0.15) is 11.1 Å². The number of ether oxygens (including phenoxy) is 1. The van der Waals surface area contributed by atoms with E-state index in [1.165, 1.54) is 11.8 Å². The predicted octanol–water partition coefficient (Wildman–Crippen LogP) is 4.11. The zero-order chi connectivity index (χ0) is 17.1. The maximum Gasteiger partial charge on any atom is 0.283 e. The van der Waals surface area contributed by atoms with Gasteiger partial charge in [0.05, 0.1) is 12.8 Å². The number of carbonyl (C=O) groups is 1. The summed E-state index contributed by atoms with van der Waals surface area (Å²) in [5.74, 6) is 0.670. The molecule has 0 spiro atoms. The Balaban J connectivity index is 1.93. The summed E-state index contributed by atoms with van der Waals surface area (Å²) in [6, 6.07) is 15.4. The molecule has 1 amide bonds. The normalized spacial score (nSPS) is 15.8. The third-order valence-electron chi connectivity index (χ3n) is 3.72. The van der Waals surface area contributed by atoms with Crippen LogP contribution in [0.3, 0.4) is 0 Å². The molecular formula is C19H18N2O2S. The van der Waals surface area contributed by atoms with Gasteiger partial charge in [-0.15, -0.1) is 0 Å². The van der Waals surface area contributed by atoms with Crippen LogP contribution in [0.25, 0.3) is 6.08 Å². The van der Waals surface area contributed by atoms with Crippen LogP contribution in [0, 0.1) is 6.92 Å². The second kappa shape index (κ2) is 6.93. The van der Waals surface area contributed by atoms with Crippen molar-refractivity contribution in [1.82, 2.24) is 0 Å². The van der Waals surface area contributed by atoms with Crippen molar-refractivity contribution in [3.8, 4) is 5.75 Å². The Morgan fingerprint density at radius 3 is 2.33 bits per heavy atom. The highest BCUT2D eigenvalue weighted by Crippen LogP contribution is 2.28. The lowest BCUT2D eigenvalue weighted by Crippen LogP contribution is -2.29. The number of thioether (sulfide) groups is 1. The van der Waals surface area contributed by atoms with Crippen molar-refractivity contribution in [2.24, 2.45) is 4.99 Å². The molecule has 0 aliphatic carbocycles. The fourth-order valence-corrected chi connectivity index (χ4v) is 2.97. The maximum absolute atomic E-state index is 12.8. The van der Waals surface area contributed by atoms with E-state index in [1.54, 1.807) is 18.1 Å². The SMILES string of the molecule is COc1ccc(/C=C2/N=C(SC)N(c3ccc(C)cc3)C2=O)cc1. The second-order valence-corrected chi connectivity index (χ2v) is 6.15. The van der Waals surface area contributed by atoms with E-state index in [0.717, 1.165) is 22.6 Å². The van der Waals surface area contributed by atoms with Crippen molar-refractivity contribution < 1.29 is 9.53 Å². The molecule has 0 fully saturated rings. The summed E-state index contributed by atoms with van der Waals surface area (Å²) < 4.78 is 5.15. The van der Waals surface area contributed by atoms with Gasteiger partial charge in [0.1, 0.15) is 11.4 Å². The number of methoxy groups -OCH3 is 1. The average Bonchev–Trinajstić information content (AvgIpc) is 2.92. The lowest BCUT2D eigenvalue weighted by Gasteiger charge is -2.16. The van der Waals surface area contributed by atoms with Crippen LogP contribution in [0.15, 0.2) is 59.2 Å². The van der Waals surface area contributed by atoms with Crippen LogP contribution in [-0.4, -0.2) is 24.4 Å². The fourth-order valence-electron chi connectivity index (χ4n) is 2.41. The van der Waals surface area contributed by atoms with Crippen molar-refractivity contribution in [1.29, 1.82) is 0 Å². The van der Waals surface area contributed by atoms with E-state index in [-0.39, 0.29) is 5.91 Å². The number of amides is 1. The predicted molar refractivity (Wildman–Crippen MR) is 101 cm³/mol. The number of hydrogen-bond donors (Lipinski definition) is 0. The molecule has 0 N–H and O–H groups in total. The Labute approximate surface area is 145 Å². The molecular weight excluding hydrogens is 320 g/mol. The summed E-state index contributed by atoms with van der Waals surface area (Å²) in [7, 11) is 1.63. The summed E-state index contributed by atoms with van der Waals surface area (Å²) in [6.45, 7) is 2.02. The molecule has 2 aromatic rings. The van der Waals surface area contributed by atoms with Crippen molar-refractivity contribution >= 4 is 34.6 Å². The third-order valence-corrected chi connectivity index (χ3v) is 4.36. The first-order chi connectivity index (χ1) is 11.6. The molecule has 0 bridgehead atoms. The first-order valence-electron chi connectivity index (χ1n) is 7.52. The first kappa shape index (κ1) is 16.3. The van der Waals surface area contributed by atoms with Gasteiger partial charge >= 0.3 is 0 Å². The molecule has 1 heterocycles. The largest absolute Gasteiger partial charge is 0.497 e. The smallest absolute Gasteiger partial charge is 0.283 e. The monoisotopic (exact) mass is 338 g/mol. The van der Waals surface area contributed by atoms with Gasteiger partial charge in [-0.25, -0.2) is 4.99 Å². The first-order valence-corrected chi connectivity index (χ1v) is 8.74. The highest BCUT2D eigenvalue weighted by atomic mass is 32.2. The Kier molecular flexibility index (Phi) is 4.71. The number of aliphatic imine (C=N–C) groups is 1. The molecule has 0 unspecified atom stereocenters. The number of amidine groups is 1. The minimum Gasteiger partial charge on any atom is -0.497 e. The number of hydrogen-bond acceptors (Lipinski definition) is 4. The molecule has 0 atom stereocenters. The molecule has 1 aliphatic heterocycles. The van der Waals surface area contributed by atoms with Gasteiger partial charge in [-0.2, -0.15) is 0 Å². The van der Waals surface area contributed by atoms with Crippen LogP contribution >= 0.6 is 11.8 Å². The minimum atomic E-state index is -0.112. The van der Waals surface area contributed by atoms with E-state index in [9.17, 15) is 4.79 Å². The topological polar surface area (TPSA) is 41.9 Å². The van der Waals surface area contributed by atoms with Gasteiger partial charge in [-0.05, 0) is 49.1 Å².